The third kappa shape index (κ3) is 19.9. The first-order valence-electron chi connectivity index (χ1n) is 13.6. The molecule has 1 aromatic rings. The summed E-state index contributed by atoms with van der Waals surface area (Å²) in [4.78, 5) is 33.3. The van der Waals surface area contributed by atoms with Gasteiger partial charge in [-0.15, -0.1) is 0 Å². The van der Waals surface area contributed by atoms with Crippen LogP contribution < -0.4 is 4.89 Å². The number of benzene rings is 1. The highest BCUT2D eigenvalue weighted by molar-refractivity contribution is 7.45. The highest BCUT2D eigenvalue weighted by Gasteiger charge is 2.27. The molecule has 1 rings (SSSR count). The van der Waals surface area contributed by atoms with E-state index < -0.39 is 24.6 Å². The monoisotopic (exact) mass is 575 g/mol. The van der Waals surface area contributed by atoms with Crippen molar-refractivity contribution >= 4 is 19.8 Å². The number of nitrogens with zero attached hydrogens (tertiary/aromatic N) is 1. The lowest BCUT2D eigenvalue weighted by Crippen LogP contribution is -2.37. The molecule has 9 nitrogen and oxygen atoms in total. The van der Waals surface area contributed by atoms with Crippen LogP contribution in [0.25, 0.3) is 0 Å². The van der Waals surface area contributed by atoms with Gasteiger partial charge >= 0.3 is 11.9 Å². The molecule has 0 aliphatic rings. The van der Waals surface area contributed by atoms with E-state index in [2.05, 4.69) is 48.7 Å². The van der Waals surface area contributed by atoms with Crippen molar-refractivity contribution in [2.45, 2.75) is 80.6 Å². The van der Waals surface area contributed by atoms with E-state index in [-0.39, 0.29) is 25.8 Å². The molecular formula is C29H54NO8P. The van der Waals surface area contributed by atoms with Gasteiger partial charge in [-0.1, -0.05) is 58.0 Å². The van der Waals surface area contributed by atoms with Crippen LogP contribution in [0.3, 0.4) is 0 Å². The molecule has 0 saturated carbocycles. The number of carbonyl (C=O) groups is 2. The normalized spacial score (nSPS) is 14.1. The van der Waals surface area contributed by atoms with Crippen molar-refractivity contribution in [3.8, 4) is 0 Å². The number of likely N-dealkylation sites (N-methyl/N-ethyl adjacent to an activating group) is 1. The summed E-state index contributed by atoms with van der Waals surface area (Å²) in [5.74, 6) is -0.388. The van der Waals surface area contributed by atoms with Gasteiger partial charge in [0.25, 0.3) is 7.82 Å². The first-order chi connectivity index (χ1) is 17.7. The third-order valence-corrected chi connectivity index (χ3v) is 7.46. The summed E-state index contributed by atoms with van der Waals surface area (Å²) in [6.45, 7) is 15.4. The molecule has 0 aromatic heterocycles. The van der Waals surface area contributed by atoms with Gasteiger partial charge in [-0.05, 0) is 58.4 Å². The second-order valence-electron chi connectivity index (χ2n) is 11.8. The van der Waals surface area contributed by atoms with Crippen molar-refractivity contribution in [1.82, 2.24) is 0 Å². The molecule has 2 unspecified atom stereocenters. The highest BCUT2D eigenvalue weighted by Crippen LogP contribution is 2.37. The predicted octanol–water partition coefficient (Wildman–Crippen LogP) is 5.88. The molecule has 1 N–H and O–H groups in total. The van der Waals surface area contributed by atoms with Crippen LogP contribution >= 0.6 is 7.82 Å². The number of phosphoric acid groups is 1. The molecule has 0 bridgehead atoms. The molecule has 0 aliphatic heterocycles. The van der Waals surface area contributed by atoms with E-state index >= 15 is 0 Å². The zero-order valence-electron chi connectivity index (χ0n) is 26.1. The van der Waals surface area contributed by atoms with Crippen LogP contribution in [-0.2, 0) is 27.9 Å². The minimum atomic E-state index is -4.34. The SMILES string of the molecule is CCC(C)(C)C(=O)O.CCC(C)(C)C(=O)OCCOP(=O)([O-])OCC[N+](C)(C)C.CCC(C)c1ccccc1. The molecule has 0 fully saturated rings. The standard InChI is InChI=1S/C13H28NO6P.C10H14.C6H12O2/c1-7-13(2,3)12(15)18-10-11-20-21(16,17)19-9-8-14(4,5)6;1-3-9(2)10-7-5-4-6-8-10;1-4-6(2,3)5(7)8/h7-11H2,1-6H3;4-9H,3H2,1-2H3;4H2,1-3H3,(H,7,8). The van der Waals surface area contributed by atoms with Gasteiger partial charge in [0.1, 0.15) is 19.8 Å². The van der Waals surface area contributed by atoms with Gasteiger partial charge in [-0.2, -0.15) is 0 Å². The third-order valence-electron chi connectivity index (χ3n) is 6.46. The van der Waals surface area contributed by atoms with Crippen molar-refractivity contribution < 1.29 is 42.4 Å². The quantitative estimate of drug-likeness (QED) is 0.126. The number of carbonyl (C=O) groups excluding carboxylic acids is 1. The van der Waals surface area contributed by atoms with Crippen molar-refractivity contribution in [3.05, 3.63) is 35.9 Å². The van der Waals surface area contributed by atoms with E-state index in [1.807, 2.05) is 35.0 Å². The molecule has 2 atom stereocenters. The molecule has 10 heteroatoms. The number of carboxylic acids is 1. The molecule has 0 aliphatic carbocycles. The fourth-order valence-electron chi connectivity index (χ4n) is 2.26. The first-order valence-corrected chi connectivity index (χ1v) is 15.1. The number of ether oxygens (including phenoxy) is 1. The lowest BCUT2D eigenvalue weighted by molar-refractivity contribution is -0.870. The van der Waals surface area contributed by atoms with Crippen molar-refractivity contribution in [1.29, 1.82) is 0 Å². The molecule has 0 saturated heterocycles. The van der Waals surface area contributed by atoms with Crippen LogP contribution in [-0.4, -0.2) is 69.0 Å². The topological polar surface area (TPSA) is 122 Å². The van der Waals surface area contributed by atoms with Crippen molar-refractivity contribution in [2.24, 2.45) is 10.8 Å². The Labute approximate surface area is 237 Å². The van der Waals surface area contributed by atoms with Gasteiger partial charge in [0.15, 0.2) is 0 Å². The van der Waals surface area contributed by atoms with Gasteiger partial charge in [0.05, 0.1) is 38.6 Å². The van der Waals surface area contributed by atoms with Crippen LogP contribution in [0, 0.1) is 10.8 Å². The number of quaternary nitrogens is 1. The number of esters is 1. The average Bonchev–Trinajstić information content (AvgIpc) is 2.86. The highest BCUT2D eigenvalue weighted by atomic mass is 31.2. The van der Waals surface area contributed by atoms with Crippen LogP contribution in [0.15, 0.2) is 30.3 Å². The van der Waals surface area contributed by atoms with Crippen molar-refractivity contribution in [3.63, 3.8) is 0 Å². The summed E-state index contributed by atoms with van der Waals surface area (Å²) in [5, 5.41) is 8.44. The number of phosphoric ester groups is 1. The van der Waals surface area contributed by atoms with E-state index in [9.17, 15) is 19.0 Å². The van der Waals surface area contributed by atoms with E-state index in [1.54, 1.807) is 27.7 Å². The zero-order valence-corrected chi connectivity index (χ0v) is 27.0. The number of hydrogen-bond donors (Lipinski definition) is 1. The summed E-state index contributed by atoms with van der Waals surface area (Å²) in [7, 11) is 1.44. The van der Waals surface area contributed by atoms with E-state index in [1.165, 1.54) is 12.0 Å². The Hall–Kier alpha value is -1.77. The minimum absolute atomic E-state index is 0.0485. The lowest BCUT2D eigenvalue weighted by atomic mass is 9.91. The first kappa shape index (κ1) is 39.4. The van der Waals surface area contributed by atoms with Gasteiger partial charge in [0.2, 0.25) is 0 Å². The maximum Gasteiger partial charge on any atom is 0.311 e. The van der Waals surface area contributed by atoms with Crippen LogP contribution in [0.5, 0.6) is 0 Å². The number of aliphatic carboxylic acids is 1. The average molecular weight is 576 g/mol. The number of carboxylic acid groups (broad SMARTS) is 1. The Morgan fingerprint density at radius 1 is 0.923 bits per heavy atom. The minimum Gasteiger partial charge on any atom is -0.756 e. The fourth-order valence-corrected chi connectivity index (χ4v) is 2.93. The molecule has 0 amide bonds. The molecule has 0 heterocycles. The Morgan fingerprint density at radius 2 is 1.41 bits per heavy atom. The van der Waals surface area contributed by atoms with E-state index in [0.717, 1.165) is 0 Å². The summed E-state index contributed by atoms with van der Waals surface area (Å²) in [5.41, 5.74) is 0.326. The maximum atomic E-state index is 11.6. The number of rotatable bonds is 14. The molecule has 1 aromatic carbocycles. The summed E-state index contributed by atoms with van der Waals surface area (Å²) in [6.07, 6.45) is 2.55. The summed E-state index contributed by atoms with van der Waals surface area (Å²) in [6, 6.07) is 10.6. The van der Waals surface area contributed by atoms with Gasteiger partial charge in [-0.25, -0.2) is 0 Å². The Bertz CT molecular complexity index is 866. The Balaban J connectivity index is 0. The molecule has 0 spiro atoms. The van der Waals surface area contributed by atoms with Gasteiger partial charge in [0, 0.05) is 0 Å². The largest absolute Gasteiger partial charge is 0.756 e. The zero-order chi connectivity index (χ0) is 30.9. The number of hydrogen-bond acceptors (Lipinski definition) is 7. The van der Waals surface area contributed by atoms with Crippen LogP contribution in [0.2, 0.25) is 0 Å². The second kappa shape index (κ2) is 18.6. The van der Waals surface area contributed by atoms with Crippen LogP contribution in [0.1, 0.15) is 86.1 Å². The predicted molar refractivity (Wildman–Crippen MR) is 154 cm³/mol. The molecule has 228 valence electrons. The van der Waals surface area contributed by atoms with Crippen LogP contribution in [0.4, 0.5) is 0 Å². The molecule has 39 heavy (non-hydrogen) atoms. The Kier molecular flexibility index (Phi) is 18.7. The van der Waals surface area contributed by atoms with E-state index in [0.29, 0.717) is 29.8 Å². The van der Waals surface area contributed by atoms with E-state index in [4.69, 9.17) is 14.4 Å². The molecular weight excluding hydrogens is 521 g/mol. The Morgan fingerprint density at radius 3 is 1.79 bits per heavy atom. The fraction of sp³-hybridized carbons (Fsp3) is 0.724. The summed E-state index contributed by atoms with van der Waals surface area (Å²) >= 11 is 0. The van der Waals surface area contributed by atoms with Gasteiger partial charge in [-0.3, -0.25) is 14.2 Å². The lowest BCUT2D eigenvalue weighted by Gasteiger charge is -2.27. The second-order valence-corrected chi connectivity index (χ2v) is 13.2. The van der Waals surface area contributed by atoms with Gasteiger partial charge < -0.3 is 28.3 Å². The smallest absolute Gasteiger partial charge is 0.311 e. The summed E-state index contributed by atoms with van der Waals surface area (Å²) < 4.78 is 26.4. The van der Waals surface area contributed by atoms with Crippen molar-refractivity contribution in [2.75, 3.05) is 47.5 Å². The molecule has 0 radical (unpaired) electrons. The maximum absolute atomic E-state index is 11.6.